The largest absolute Gasteiger partial charge is 0.0617 e. The Kier molecular flexibility index (Phi) is 3.45. The van der Waals surface area contributed by atoms with E-state index in [2.05, 4.69) is 72.2 Å². The van der Waals surface area contributed by atoms with Crippen molar-refractivity contribution in [3.63, 3.8) is 0 Å². The molecule has 0 fully saturated rings. The standard InChI is InChI=1S/C15H15Br/c1-11-4-3-5-12(2)15(11)10-13-6-8-14(16)9-7-13/h3-9H,10H2,1-2H3. The SMILES string of the molecule is Cc1cccc(C)c1Cc1ccc(Br)cc1. The molecule has 0 amide bonds. The minimum atomic E-state index is 1.02. The van der Waals surface area contributed by atoms with Crippen molar-refractivity contribution in [2.24, 2.45) is 0 Å². The summed E-state index contributed by atoms with van der Waals surface area (Å²) in [6.45, 7) is 4.36. The summed E-state index contributed by atoms with van der Waals surface area (Å²) in [5.41, 5.74) is 5.57. The Bertz CT molecular complexity index is 463. The minimum Gasteiger partial charge on any atom is -0.0617 e. The van der Waals surface area contributed by atoms with Crippen molar-refractivity contribution < 1.29 is 0 Å². The molecule has 0 N–H and O–H groups in total. The number of hydrogen-bond donors (Lipinski definition) is 0. The first-order valence-corrected chi connectivity index (χ1v) is 6.25. The van der Waals surface area contributed by atoms with Crippen LogP contribution in [0.15, 0.2) is 46.9 Å². The second-order valence-electron chi connectivity index (χ2n) is 4.17. The van der Waals surface area contributed by atoms with Crippen LogP contribution < -0.4 is 0 Å². The van der Waals surface area contributed by atoms with Crippen LogP contribution in [0.4, 0.5) is 0 Å². The Hall–Kier alpha value is -1.08. The highest BCUT2D eigenvalue weighted by Gasteiger charge is 2.03. The van der Waals surface area contributed by atoms with Gasteiger partial charge in [-0.3, -0.25) is 0 Å². The normalized spacial score (nSPS) is 10.4. The monoisotopic (exact) mass is 274 g/mol. The lowest BCUT2D eigenvalue weighted by atomic mass is 9.96. The predicted octanol–water partition coefficient (Wildman–Crippen LogP) is 4.66. The summed E-state index contributed by atoms with van der Waals surface area (Å²) in [5, 5.41) is 0. The van der Waals surface area contributed by atoms with E-state index in [0.717, 1.165) is 10.9 Å². The lowest BCUT2D eigenvalue weighted by Crippen LogP contribution is -1.95. The molecule has 0 saturated heterocycles. The molecule has 0 unspecified atom stereocenters. The molecule has 0 nitrogen and oxygen atoms in total. The van der Waals surface area contributed by atoms with Crippen LogP contribution in [0.1, 0.15) is 22.3 Å². The Labute approximate surface area is 105 Å². The van der Waals surface area contributed by atoms with Crippen LogP contribution in [-0.4, -0.2) is 0 Å². The summed E-state index contributed by atoms with van der Waals surface area (Å²) in [7, 11) is 0. The van der Waals surface area contributed by atoms with Gasteiger partial charge in [0.1, 0.15) is 0 Å². The quantitative estimate of drug-likeness (QED) is 0.748. The third-order valence-corrected chi connectivity index (χ3v) is 3.47. The van der Waals surface area contributed by atoms with Gasteiger partial charge in [0, 0.05) is 4.47 Å². The van der Waals surface area contributed by atoms with Crippen molar-refractivity contribution in [1.29, 1.82) is 0 Å². The van der Waals surface area contributed by atoms with E-state index in [9.17, 15) is 0 Å². The summed E-state index contributed by atoms with van der Waals surface area (Å²) >= 11 is 3.46. The molecule has 0 atom stereocenters. The van der Waals surface area contributed by atoms with E-state index in [1.165, 1.54) is 22.3 Å². The molecule has 0 heterocycles. The predicted molar refractivity (Wildman–Crippen MR) is 72.9 cm³/mol. The maximum absolute atomic E-state index is 3.46. The molecule has 16 heavy (non-hydrogen) atoms. The maximum Gasteiger partial charge on any atom is 0.0175 e. The molecule has 0 aliphatic rings. The summed E-state index contributed by atoms with van der Waals surface area (Å²) in [5.74, 6) is 0. The van der Waals surface area contributed by atoms with Gasteiger partial charge in [0.15, 0.2) is 0 Å². The van der Waals surface area contributed by atoms with Crippen molar-refractivity contribution in [3.8, 4) is 0 Å². The smallest absolute Gasteiger partial charge is 0.0175 e. The summed E-state index contributed by atoms with van der Waals surface area (Å²) in [6, 6.07) is 15.0. The molecule has 0 aliphatic carbocycles. The highest BCUT2D eigenvalue weighted by atomic mass is 79.9. The van der Waals surface area contributed by atoms with Gasteiger partial charge in [-0.1, -0.05) is 46.3 Å². The van der Waals surface area contributed by atoms with Gasteiger partial charge in [-0.2, -0.15) is 0 Å². The molecule has 0 radical (unpaired) electrons. The molecule has 1 heteroatoms. The zero-order chi connectivity index (χ0) is 11.5. The zero-order valence-corrected chi connectivity index (χ0v) is 11.2. The van der Waals surface area contributed by atoms with E-state index >= 15 is 0 Å². The third-order valence-electron chi connectivity index (χ3n) is 2.94. The van der Waals surface area contributed by atoms with Gasteiger partial charge < -0.3 is 0 Å². The number of halogens is 1. The maximum atomic E-state index is 3.46. The first-order valence-electron chi connectivity index (χ1n) is 5.46. The molecule has 0 saturated carbocycles. The Morgan fingerprint density at radius 1 is 0.875 bits per heavy atom. The van der Waals surface area contributed by atoms with Crippen LogP contribution in [0.25, 0.3) is 0 Å². The summed E-state index contributed by atoms with van der Waals surface area (Å²) < 4.78 is 1.14. The van der Waals surface area contributed by atoms with Crippen molar-refractivity contribution >= 4 is 15.9 Å². The van der Waals surface area contributed by atoms with Gasteiger partial charge >= 0.3 is 0 Å². The first-order chi connectivity index (χ1) is 7.66. The third kappa shape index (κ3) is 2.53. The highest BCUT2D eigenvalue weighted by molar-refractivity contribution is 9.10. The molecule has 2 aromatic carbocycles. The van der Waals surface area contributed by atoms with E-state index < -0.39 is 0 Å². The van der Waals surface area contributed by atoms with Crippen LogP contribution in [0.5, 0.6) is 0 Å². The molecule has 82 valence electrons. The minimum absolute atomic E-state index is 1.02. The Morgan fingerprint density at radius 3 is 2.00 bits per heavy atom. The van der Waals surface area contributed by atoms with Crippen molar-refractivity contribution in [2.75, 3.05) is 0 Å². The van der Waals surface area contributed by atoms with E-state index in [1.807, 2.05) is 0 Å². The van der Waals surface area contributed by atoms with E-state index in [4.69, 9.17) is 0 Å². The second kappa shape index (κ2) is 4.84. The number of rotatable bonds is 2. The van der Waals surface area contributed by atoms with Gasteiger partial charge in [0.25, 0.3) is 0 Å². The fourth-order valence-electron chi connectivity index (χ4n) is 1.93. The number of benzene rings is 2. The molecule has 2 aromatic rings. The van der Waals surface area contributed by atoms with E-state index in [0.29, 0.717) is 0 Å². The summed E-state index contributed by atoms with van der Waals surface area (Å²) in [6.07, 6.45) is 1.02. The Balaban J connectivity index is 2.30. The van der Waals surface area contributed by atoms with Crippen LogP contribution in [0.3, 0.4) is 0 Å². The molecule has 0 aromatic heterocycles. The molecular formula is C15H15Br. The Morgan fingerprint density at radius 2 is 1.44 bits per heavy atom. The summed E-state index contributed by atoms with van der Waals surface area (Å²) in [4.78, 5) is 0. The van der Waals surface area contributed by atoms with Crippen LogP contribution >= 0.6 is 15.9 Å². The zero-order valence-electron chi connectivity index (χ0n) is 9.63. The average Bonchev–Trinajstić information content (AvgIpc) is 2.26. The average molecular weight is 275 g/mol. The topological polar surface area (TPSA) is 0 Å². The van der Waals surface area contributed by atoms with Crippen LogP contribution in [0, 0.1) is 13.8 Å². The number of hydrogen-bond acceptors (Lipinski definition) is 0. The highest BCUT2D eigenvalue weighted by Crippen LogP contribution is 2.19. The molecule has 0 spiro atoms. The van der Waals surface area contributed by atoms with Gasteiger partial charge in [0.05, 0.1) is 0 Å². The van der Waals surface area contributed by atoms with Gasteiger partial charge in [-0.15, -0.1) is 0 Å². The van der Waals surface area contributed by atoms with Gasteiger partial charge in [-0.25, -0.2) is 0 Å². The molecule has 0 bridgehead atoms. The van der Waals surface area contributed by atoms with E-state index in [-0.39, 0.29) is 0 Å². The fraction of sp³-hybridized carbons (Fsp3) is 0.200. The van der Waals surface area contributed by atoms with Crippen molar-refractivity contribution in [1.82, 2.24) is 0 Å². The van der Waals surface area contributed by atoms with Crippen molar-refractivity contribution in [2.45, 2.75) is 20.3 Å². The van der Waals surface area contributed by atoms with Crippen LogP contribution in [0.2, 0.25) is 0 Å². The van der Waals surface area contributed by atoms with Gasteiger partial charge in [-0.05, 0) is 54.7 Å². The first kappa shape index (κ1) is 11.4. The molecule has 2 rings (SSSR count). The van der Waals surface area contributed by atoms with Crippen molar-refractivity contribution in [3.05, 3.63) is 69.2 Å². The lowest BCUT2D eigenvalue weighted by molar-refractivity contribution is 1.12. The number of aryl methyl sites for hydroxylation is 2. The second-order valence-corrected chi connectivity index (χ2v) is 5.09. The fourth-order valence-corrected chi connectivity index (χ4v) is 2.20. The van der Waals surface area contributed by atoms with Gasteiger partial charge in [0.2, 0.25) is 0 Å². The van der Waals surface area contributed by atoms with E-state index in [1.54, 1.807) is 0 Å². The molecular weight excluding hydrogens is 260 g/mol. The molecule has 0 aliphatic heterocycles. The van der Waals surface area contributed by atoms with Crippen LogP contribution in [-0.2, 0) is 6.42 Å². The lowest BCUT2D eigenvalue weighted by Gasteiger charge is -2.09.